The molecule has 2 saturated heterocycles. The maximum Gasteiger partial charge on any atom is 0.419 e. The topological polar surface area (TPSA) is 64.6 Å². The van der Waals surface area contributed by atoms with E-state index in [1.54, 1.807) is 0 Å². The van der Waals surface area contributed by atoms with Crippen molar-refractivity contribution in [3.8, 4) is 0 Å². The van der Waals surface area contributed by atoms with E-state index in [0.717, 1.165) is 44.9 Å². The molecule has 2 aromatic rings. The van der Waals surface area contributed by atoms with E-state index in [1.165, 1.54) is 11.1 Å². The van der Waals surface area contributed by atoms with Gasteiger partial charge in [0.15, 0.2) is 0 Å². The number of carbonyl (C=O) groups is 1. The van der Waals surface area contributed by atoms with Crippen LogP contribution in [0.2, 0.25) is 0 Å². The fourth-order valence-corrected chi connectivity index (χ4v) is 5.27. The Bertz CT molecular complexity index is 1020. The summed E-state index contributed by atoms with van der Waals surface area (Å²) in [6.07, 6.45) is -1.05. The van der Waals surface area contributed by atoms with Gasteiger partial charge in [-0.1, -0.05) is 38.1 Å². The van der Waals surface area contributed by atoms with E-state index < -0.39 is 11.7 Å². The van der Waals surface area contributed by atoms with Gasteiger partial charge in [-0.15, -0.1) is 0 Å². The second-order valence-corrected chi connectivity index (χ2v) is 10.7. The maximum absolute atomic E-state index is 13.2. The molecule has 37 heavy (non-hydrogen) atoms. The summed E-state index contributed by atoms with van der Waals surface area (Å²) in [6.45, 7) is 12.0. The summed E-state index contributed by atoms with van der Waals surface area (Å²) in [6, 6.07) is 8.60. The number of rotatable bonds is 5. The number of hydrogen-bond acceptors (Lipinski definition) is 5. The lowest BCUT2D eigenvalue weighted by molar-refractivity contribution is -0.138. The molecule has 0 bridgehead atoms. The molecule has 2 atom stereocenters. The first kappa shape index (κ1) is 27.2. The zero-order chi connectivity index (χ0) is 26.7. The summed E-state index contributed by atoms with van der Waals surface area (Å²) >= 11 is 0. The number of amides is 2. The van der Waals surface area contributed by atoms with E-state index in [-0.39, 0.29) is 30.1 Å². The Hall–Kier alpha value is -2.88. The number of nitrogens with one attached hydrogen (secondary N) is 1. The predicted molar refractivity (Wildman–Crippen MR) is 137 cm³/mol. The largest absolute Gasteiger partial charge is 0.419 e. The van der Waals surface area contributed by atoms with Crippen LogP contribution in [0.15, 0.2) is 36.7 Å². The number of benzene rings is 1. The molecular formula is C27H37F3N6O. The fourth-order valence-electron chi connectivity index (χ4n) is 5.27. The number of urea groups is 1. The number of hydrogen-bond donors (Lipinski definition) is 1. The van der Waals surface area contributed by atoms with Crippen molar-refractivity contribution < 1.29 is 18.0 Å². The van der Waals surface area contributed by atoms with E-state index in [1.807, 2.05) is 23.6 Å². The number of nitrogens with zero attached hydrogens (tertiary/aromatic N) is 5. The SMILES string of the molecule is CC(C)c1ccc(CN2CCC(NC(=O)N3[C@H](C)CN(c4ncc(C(F)(F)F)cn4)C[C@@H]3C)CC2)cc1. The van der Waals surface area contributed by atoms with Gasteiger partial charge < -0.3 is 15.1 Å². The summed E-state index contributed by atoms with van der Waals surface area (Å²) in [4.78, 5) is 27.1. The first-order valence-electron chi connectivity index (χ1n) is 13.1. The van der Waals surface area contributed by atoms with Crippen LogP contribution in [0.4, 0.5) is 23.9 Å². The quantitative estimate of drug-likeness (QED) is 0.611. The van der Waals surface area contributed by atoms with Crippen molar-refractivity contribution >= 4 is 12.0 Å². The molecule has 2 aliphatic rings. The number of piperazine rings is 1. The van der Waals surface area contributed by atoms with Crippen LogP contribution in [0.3, 0.4) is 0 Å². The first-order chi connectivity index (χ1) is 17.5. The zero-order valence-electron chi connectivity index (χ0n) is 22.0. The van der Waals surface area contributed by atoms with Gasteiger partial charge in [0.25, 0.3) is 0 Å². The van der Waals surface area contributed by atoms with Crippen LogP contribution >= 0.6 is 0 Å². The Kier molecular flexibility index (Phi) is 8.26. The molecule has 3 heterocycles. The molecule has 0 unspecified atom stereocenters. The third-order valence-corrected chi connectivity index (χ3v) is 7.37. The highest BCUT2D eigenvalue weighted by atomic mass is 19.4. The summed E-state index contributed by atoms with van der Waals surface area (Å²) < 4.78 is 38.5. The highest BCUT2D eigenvalue weighted by Crippen LogP contribution is 2.29. The third kappa shape index (κ3) is 6.71. The van der Waals surface area contributed by atoms with Crippen LogP contribution in [0.5, 0.6) is 0 Å². The lowest BCUT2D eigenvalue weighted by atomic mass is 10.0. The van der Waals surface area contributed by atoms with E-state index in [2.05, 4.69) is 58.3 Å². The van der Waals surface area contributed by atoms with Crippen molar-refractivity contribution in [1.82, 2.24) is 25.1 Å². The Morgan fingerprint density at radius 3 is 2.11 bits per heavy atom. The monoisotopic (exact) mass is 518 g/mol. The number of anilines is 1. The van der Waals surface area contributed by atoms with Crippen molar-refractivity contribution in [2.24, 2.45) is 0 Å². The molecule has 1 aromatic heterocycles. The predicted octanol–water partition coefficient (Wildman–Crippen LogP) is 4.89. The summed E-state index contributed by atoms with van der Waals surface area (Å²) in [5.74, 6) is 0.776. The number of carbonyl (C=O) groups excluding carboxylic acids is 1. The number of halogens is 3. The van der Waals surface area contributed by atoms with Crippen LogP contribution in [-0.4, -0.2) is 70.1 Å². The van der Waals surface area contributed by atoms with Gasteiger partial charge >= 0.3 is 12.2 Å². The fraction of sp³-hybridized carbons (Fsp3) is 0.593. The average molecular weight is 519 g/mol. The molecule has 2 amide bonds. The number of piperidine rings is 1. The van der Waals surface area contributed by atoms with E-state index in [0.29, 0.717) is 19.0 Å². The van der Waals surface area contributed by atoms with Crippen LogP contribution in [0.25, 0.3) is 0 Å². The Balaban J connectivity index is 1.26. The second-order valence-electron chi connectivity index (χ2n) is 10.7. The van der Waals surface area contributed by atoms with E-state index in [4.69, 9.17) is 0 Å². The van der Waals surface area contributed by atoms with E-state index in [9.17, 15) is 18.0 Å². The molecule has 202 valence electrons. The van der Waals surface area contributed by atoms with Crippen molar-refractivity contribution in [3.63, 3.8) is 0 Å². The normalized spacial score (nSPS) is 21.9. The van der Waals surface area contributed by atoms with Crippen LogP contribution in [0.1, 0.15) is 63.1 Å². The van der Waals surface area contributed by atoms with Gasteiger partial charge in [-0.2, -0.15) is 13.2 Å². The van der Waals surface area contributed by atoms with Gasteiger partial charge in [0.2, 0.25) is 5.95 Å². The molecule has 1 N–H and O–H groups in total. The minimum Gasteiger partial charge on any atom is -0.337 e. The minimum atomic E-state index is -4.47. The number of likely N-dealkylation sites (tertiary alicyclic amines) is 1. The lowest BCUT2D eigenvalue weighted by Crippen LogP contribution is -2.62. The summed E-state index contributed by atoms with van der Waals surface area (Å²) in [5.41, 5.74) is 1.79. The molecule has 0 spiro atoms. The molecule has 1 aromatic carbocycles. The smallest absolute Gasteiger partial charge is 0.337 e. The molecule has 2 fully saturated rings. The zero-order valence-corrected chi connectivity index (χ0v) is 22.0. The Morgan fingerprint density at radius 2 is 1.59 bits per heavy atom. The maximum atomic E-state index is 13.2. The van der Waals surface area contributed by atoms with Crippen LogP contribution < -0.4 is 10.2 Å². The van der Waals surface area contributed by atoms with Gasteiger partial charge in [0, 0.05) is 63.2 Å². The summed E-state index contributed by atoms with van der Waals surface area (Å²) in [5, 5.41) is 3.22. The van der Waals surface area contributed by atoms with Crippen LogP contribution in [-0.2, 0) is 12.7 Å². The minimum absolute atomic E-state index is 0.0873. The van der Waals surface area contributed by atoms with Gasteiger partial charge in [-0.05, 0) is 43.7 Å². The highest BCUT2D eigenvalue weighted by Gasteiger charge is 2.36. The molecule has 0 radical (unpaired) electrons. The van der Waals surface area contributed by atoms with Gasteiger partial charge in [0.1, 0.15) is 0 Å². The summed E-state index contributed by atoms with van der Waals surface area (Å²) in [7, 11) is 0. The average Bonchev–Trinajstić information content (AvgIpc) is 2.84. The van der Waals surface area contributed by atoms with Crippen molar-refractivity contribution in [2.75, 3.05) is 31.1 Å². The van der Waals surface area contributed by atoms with Gasteiger partial charge in [-0.3, -0.25) is 4.90 Å². The third-order valence-electron chi connectivity index (χ3n) is 7.37. The second kappa shape index (κ2) is 11.2. The molecule has 4 rings (SSSR count). The van der Waals surface area contributed by atoms with Crippen molar-refractivity contribution in [3.05, 3.63) is 53.3 Å². The first-order valence-corrected chi connectivity index (χ1v) is 13.1. The van der Waals surface area contributed by atoms with Crippen molar-refractivity contribution in [2.45, 2.75) is 77.3 Å². The molecular weight excluding hydrogens is 481 g/mol. The molecule has 7 nitrogen and oxygen atoms in total. The number of alkyl halides is 3. The highest BCUT2D eigenvalue weighted by molar-refractivity contribution is 5.75. The Morgan fingerprint density at radius 1 is 1.03 bits per heavy atom. The standard InChI is InChI=1S/C27H37F3N6O/c1-18(2)22-7-5-21(6-8-22)17-34-11-9-24(10-12-34)33-26(37)36-19(3)15-35(16-20(36)4)25-31-13-23(14-32-25)27(28,29)30/h5-8,13-14,18-20,24H,9-12,15-17H2,1-4H3,(H,33,37)/t19-,20+. The Labute approximate surface area is 217 Å². The molecule has 0 aliphatic carbocycles. The molecule has 0 saturated carbocycles. The van der Waals surface area contributed by atoms with Crippen molar-refractivity contribution in [1.29, 1.82) is 0 Å². The lowest BCUT2D eigenvalue weighted by Gasteiger charge is -2.45. The van der Waals surface area contributed by atoms with Gasteiger partial charge in [0.05, 0.1) is 5.56 Å². The molecule has 2 aliphatic heterocycles. The van der Waals surface area contributed by atoms with E-state index >= 15 is 0 Å². The number of aromatic nitrogens is 2. The van der Waals surface area contributed by atoms with Crippen LogP contribution in [0, 0.1) is 0 Å². The molecule has 10 heteroatoms. The van der Waals surface area contributed by atoms with Gasteiger partial charge in [-0.25, -0.2) is 14.8 Å².